The number of nitrogens with one attached hydrogen (secondary N) is 1. The summed E-state index contributed by atoms with van der Waals surface area (Å²) < 4.78 is 0.913. The molecule has 1 heterocycles. The Labute approximate surface area is 123 Å². The first kappa shape index (κ1) is 13.9. The van der Waals surface area contributed by atoms with Crippen LogP contribution in [0.15, 0.2) is 50.9 Å². The summed E-state index contributed by atoms with van der Waals surface area (Å²) in [5.41, 5.74) is 6.98. The third-order valence-electron chi connectivity index (χ3n) is 2.39. The third kappa shape index (κ3) is 3.48. The molecule has 0 atom stereocenters. The van der Waals surface area contributed by atoms with Crippen molar-refractivity contribution >= 4 is 39.3 Å². The van der Waals surface area contributed by atoms with E-state index < -0.39 is 0 Å². The van der Waals surface area contributed by atoms with Crippen molar-refractivity contribution in [3.05, 3.63) is 46.6 Å². The summed E-state index contributed by atoms with van der Waals surface area (Å²) in [6.07, 6.45) is 1.72. The predicted molar refractivity (Wildman–Crippen MR) is 80.3 cm³/mol. The van der Waals surface area contributed by atoms with Gasteiger partial charge in [0.1, 0.15) is 5.03 Å². The average Bonchev–Trinajstić information content (AvgIpc) is 2.41. The maximum atomic E-state index is 11.8. The number of carbonyl (C=O) groups is 1. The van der Waals surface area contributed by atoms with Gasteiger partial charge < -0.3 is 11.1 Å². The van der Waals surface area contributed by atoms with Crippen LogP contribution in [-0.2, 0) is 0 Å². The minimum Gasteiger partial charge on any atom is -0.399 e. The Morgan fingerprint density at radius 1 is 1.37 bits per heavy atom. The predicted octanol–water partition coefficient (Wildman–Crippen LogP) is 2.94. The number of halogens is 1. The van der Waals surface area contributed by atoms with Gasteiger partial charge in [0, 0.05) is 28.3 Å². The Hall–Kier alpha value is -1.53. The number of amides is 1. The van der Waals surface area contributed by atoms with E-state index in [2.05, 4.69) is 26.2 Å². The number of hydrogen-bond acceptors (Lipinski definition) is 4. The van der Waals surface area contributed by atoms with E-state index in [-0.39, 0.29) is 5.91 Å². The lowest BCUT2D eigenvalue weighted by molar-refractivity contribution is 0.0960. The summed E-state index contributed by atoms with van der Waals surface area (Å²) in [6.45, 7) is 0. The molecule has 0 bridgehead atoms. The number of nitrogen functional groups attached to an aromatic ring is 1. The van der Waals surface area contributed by atoms with Gasteiger partial charge in [0.2, 0.25) is 0 Å². The number of rotatable bonds is 3. The maximum absolute atomic E-state index is 11.8. The first-order chi connectivity index (χ1) is 9.10. The minimum absolute atomic E-state index is 0.139. The Morgan fingerprint density at radius 2 is 2.16 bits per heavy atom. The monoisotopic (exact) mass is 337 g/mol. The zero-order chi connectivity index (χ0) is 13.8. The van der Waals surface area contributed by atoms with Crippen molar-refractivity contribution in [3.63, 3.8) is 0 Å². The quantitative estimate of drug-likeness (QED) is 0.845. The van der Waals surface area contributed by atoms with Crippen molar-refractivity contribution in [2.24, 2.45) is 0 Å². The third-order valence-corrected chi connectivity index (χ3v) is 3.87. The average molecular weight is 338 g/mol. The summed E-state index contributed by atoms with van der Waals surface area (Å²) in [7, 11) is 1.60. The largest absolute Gasteiger partial charge is 0.399 e. The highest BCUT2D eigenvalue weighted by Gasteiger charge is 2.12. The number of aromatic nitrogens is 1. The van der Waals surface area contributed by atoms with E-state index in [9.17, 15) is 4.79 Å². The van der Waals surface area contributed by atoms with Gasteiger partial charge in [-0.25, -0.2) is 4.98 Å². The lowest BCUT2D eigenvalue weighted by Gasteiger charge is -2.08. The van der Waals surface area contributed by atoms with Crippen molar-refractivity contribution in [2.75, 3.05) is 12.8 Å². The number of benzene rings is 1. The Balaban J connectivity index is 2.35. The second kappa shape index (κ2) is 6.08. The Morgan fingerprint density at radius 3 is 2.79 bits per heavy atom. The molecule has 2 rings (SSSR count). The number of hydrogen-bond donors (Lipinski definition) is 2. The SMILES string of the molecule is CNC(=O)c1ccc(N)cc1Sc1ccc(Br)cn1. The highest BCUT2D eigenvalue weighted by Crippen LogP contribution is 2.31. The van der Waals surface area contributed by atoms with E-state index >= 15 is 0 Å². The van der Waals surface area contributed by atoms with E-state index in [0.29, 0.717) is 11.3 Å². The van der Waals surface area contributed by atoms with Crippen LogP contribution in [0.4, 0.5) is 5.69 Å². The van der Waals surface area contributed by atoms with Crippen LogP contribution in [0.3, 0.4) is 0 Å². The van der Waals surface area contributed by atoms with Crippen LogP contribution in [0.2, 0.25) is 0 Å². The minimum atomic E-state index is -0.139. The molecule has 0 fully saturated rings. The fourth-order valence-corrected chi connectivity index (χ4v) is 2.65. The van der Waals surface area contributed by atoms with E-state index in [0.717, 1.165) is 14.4 Å². The number of pyridine rings is 1. The molecule has 0 radical (unpaired) electrons. The molecule has 1 amide bonds. The topological polar surface area (TPSA) is 68.0 Å². The summed E-state index contributed by atoms with van der Waals surface area (Å²) in [4.78, 5) is 16.9. The standard InChI is InChI=1S/C13H12BrN3OS/c1-16-13(18)10-4-3-9(15)6-11(10)19-12-5-2-8(14)7-17-12/h2-7H,15H2,1H3,(H,16,18). The van der Waals surface area contributed by atoms with Gasteiger partial charge in [-0.3, -0.25) is 4.79 Å². The van der Waals surface area contributed by atoms with Crippen molar-refractivity contribution in [2.45, 2.75) is 9.92 Å². The molecule has 19 heavy (non-hydrogen) atoms. The molecule has 1 aromatic heterocycles. The lowest BCUT2D eigenvalue weighted by atomic mass is 10.2. The van der Waals surface area contributed by atoms with Gasteiger partial charge in [0.05, 0.1) is 5.56 Å². The smallest absolute Gasteiger partial charge is 0.252 e. The first-order valence-corrected chi connectivity index (χ1v) is 7.12. The molecule has 2 aromatic rings. The molecule has 3 N–H and O–H groups in total. The molecule has 1 aromatic carbocycles. The zero-order valence-electron chi connectivity index (χ0n) is 10.2. The van der Waals surface area contributed by atoms with E-state index in [1.807, 2.05) is 12.1 Å². The van der Waals surface area contributed by atoms with Crippen molar-refractivity contribution in [1.29, 1.82) is 0 Å². The molecular formula is C13H12BrN3OS. The van der Waals surface area contributed by atoms with Crippen LogP contribution < -0.4 is 11.1 Å². The zero-order valence-corrected chi connectivity index (χ0v) is 12.6. The van der Waals surface area contributed by atoms with Gasteiger partial charge >= 0.3 is 0 Å². The normalized spacial score (nSPS) is 10.2. The van der Waals surface area contributed by atoms with Gasteiger partial charge in [0.25, 0.3) is 5.91 Å². The molecule has 0 aliphatic rings. The molecule has 4 nitrogen and oxygen atoms in total. The summed E-state index contributed by atoms with van der Waals surface area (Å²) >= 11 is 4.74. The Bertz CT molecular complexity index is 601. The van der Waals surface area contributed by atoms with Gasteiger partial charge in [-0.15, -0.1) is 0 Å². The van der Waals surface area contributed by atoms with Crippen molar-refractivity contribution in [1.82, 2.24) is 10.3 Å². The van der Waals surface area contributed by atoms with Crippen LogP contribution in [0.5, 0.6) is 0 Å². The molecule has 0 spiro atoms. The maximum Gasteiger partial charge on any atom is 0.252 e. The van der Waals surface area contributed by atoms with Gasteiger partial charge in [-0.2, -0.15) is 0 Å². The van der Waals surface area contributed by atoms with Gasteiger partial charge in [-0.05, 0) is 46.3 Å². The molecular weight excluding hydrogens is 326 g/mol. The van der Waals surface area contributed by atoms with Gasteiger partial charge in [0.15, 0.2) is 0 Å². The summed E-state index contributed by atoms with van der Waals surface area (Å²) in [5, 5.41) is 3.42. The van der Waals surface area contributed by atoms with Crippen molar-refractivity contribution < 1.29 is 4.79 Å². The van der Waals surface area contributed by atoms with Crippen LogP contribution in [-0.4, -0.2) is 17.9 Å². The summed E-state index contributed by atoms with van der Waals surface area (Å²) in [5.74, 6) is -0.139. The lowest BCUT2D eigenvalue weighted by Crippen LogP contribution is -2.18. The highest BCUT2D eigenvalue weighted by molar-refractivity contribution is 9.10. The fraction of sp³-hybridized carbons (Fsp3) is 0.0769. The van der Waals surface area contributed by atoms with Crippen molar-refractivity contribution in [3.8, 4) is 0 Å². The molecule has 0 aliphatic carbocycles. The second-order valence-electron chi connectivity index (χ2n) is 3.75. The molecule has 98 valence electrons. The number of anilines is 1. The molecule has 6 heteroatoms. The van der Waals surface area contributed by atoms with E-state index in [1.54, 1.807) is 31.4 Å². The highest BCUT2D eigenvalue weighted by atomic mass is 79.9. The summed E-state index contributed by atoms with van der Waals surface area (Å²) in [6, 6.07) is 8.99. The van der Waals surface area contributed by atoms with Crippen LogP contribution in [0, 0.1) is 0 Å². The molecule has 0 saturated heterocycles. The number of carbonyl (C=O) groups excluding carboxylic acids is 1. The molecule has 0 saturated carbocycles. The Kier molecular flexibility index (Phi) is 4.44. The second-order valence-corrected chi connectivity index (χ2v) is 5.73. The van der Waals surface area contributed by atoms with E-state index in [4.69, 9.17) is 5.73 Å². The fourth-order valence-electron chi connectivity index (χ4n) is 1.48. The van der Waals surface area contributed by atoms with Crippen LogP contribution in [0.1, 0.15) is 10.4 Å². The van der Waals surface area contributed by atoms with E-state index in [1.165, 1.54) is 11.8 Å². The number of nitrogens with zero attached hydrogens (tertiary/aromatic N) is 1. The van der Waals surface area contributed by atoms with Gasteiger partial charge in [-0.1, -0.05) is 11.8 Å². The van der Waals surface area contributed by atoms with Crippen LogP contribution in [0.25, 0.3) is 0 Å². The number of nitrogens with two attached hydrogens (primary N) is 1. The molecule has 0 aliphatic heterocycles. The van der Waals surface area contributed by atoms with Crippen LogP contribution >= 0.6 is 27.7 Å². The first-order valence-electron chi connectivity index (χ1n) is 5.51. The molecule has 0 unspecified atom stereocenters.